The van der Waals surface area contributed by atoms with Crippen LogP contribution >= 0.6 is 0 Å². The lowest BCUT2D eigenvalue weighted by Crippen LogP contribution is -2.55. The Morgan fingerprint density at radius 3 is 2.48 bits per heavy atom. The number of carbonyl (C=O) groups is 2. The Morgan fingerprint density at radius 2 is 1.78 bits per heavy atom. The van der Waals surface area contributed by atoms with E-state index >= 15 is 0 Å². The standard InChI is InChI=1S/C17H11FN2O3/c18-13-7-3-4-8-14(13)20-15(21)11-5-1-2-6-12(11)17(23,9-10-19)16(20)22/h1-8,23H,9H2. The van der Waals surface area contributed by atoms with Crippen molar-refractivity contribution in [2.45, 2.75) is 12.0 Å². The molecule has 0 saturated heterocycles. The lowest BCUT2D eigenvalue weighted by molar-refractivity contribution is -0.137. The van der Waals surface area contributed by atoms with E-state index in [4.69, 9.17) is 5.26 Å². The lowest BCUT2D eigenvalue weighted by atomic mass is 9.82. The van der Waals surface area contributed by atoms with Gasteiger partial charge < -0.3 is 5.11 Å². The molecule has 1 aliphatic rings. The number of rotatable bonds is 2. The first kappa shape index (κ1) is 14.9. The normalized spacial score (nSPS) is 20.1. The molecule has 23 heavy (non-hydrogen) atoms. The third-order valence-electron chi connectivity index (χ3n) is 3.79. The molecule has 0 radical (unpaired) electrons. The van der Waals surface area contributed by atoms with E-state index in [9.17, 15) is 19.1 Å². The van der Waals surface area contributed by atoms with Crippen LogP contribution in [0.15, 0.2) is 48.5 Å². The summed E-state index contributed by atoms with van der Waals surface area (Å²) in [5, 5.41) is 19.7. The summed E-state index contributed by atoms with van der Waals surface area (Å²) in [5.41, 5.74) is -2.33. The minimum atomic E-state index is -2.19. The van der Waals surface area contributed by atoms with E-state index in [0.29, 0.717) is 4.90 Å². The Bertz CT molecular complexity index is 859. The van der Waals surface area contributed by atoms with Crippen molar-refractivity contribution in [3.63, 3.8) is 0 Å². The van der Waals surface area contributed by atoms with E-state index in [-0.39, 0.29) is 16.8 Å². The van der Waals surface area contributed by atoms with Crippen LogP contribution in [0.1, 0.15) is 22.3 Å². The van der Waals surface area contributed by atoms with E-state index in [0.717, 1.165) is 6.07 Å². The SMILES string of the molecule is N#CCC1(O)C(=O)N(c2ccccc2F)C(=O)c2ccccc21. The quantitative estimate of drug-likeness (QED) is 0.861. The van der Waals surface area contributed by atoms with Crippen LogP contribution in [-0.2, 0) is 10.4 Å². The summed E-state index contributed by atoms with van der Waals surface area (Å²) in [6.45, 7) is 0. The maximum Gasteiger partial charge on any atom is 0.271 e. The third kappa shape index (κ3) is 2.10. The number of carbonyl (C=O) groups excluding carboxylic acids is 2. The molecule has 0 bridgehead atoms. The van der Waals surface area contributed by atoms with Gasteiger partial charge in [0.2, 0.25) is 0 Å². The number of amides is 2. The van der Waals surface area contributed by atoms with Gasteiger partial charge in [0, 0.05) is 11.1 Å². The first-order valence-corrected chi connectivity index (χ1v) is 6.83. The number of nitrogens with zero attached hydrogens (tertiary/aromatic N) is 2. The minimum Gasteiger partial charge on any atom is -0.374 e. The summed E-state index contributed by atoms with van der Waals surface area (Å²) in [5.74, 6) is -2.54. The van der Waals surface area contributed by atoms with Crippen LogP contribution in [0.4, 0.5) is 10.1 Å². The van der Waals surface area contributed by atoms with Gasteiger partial charge in [-0.2, -0.15) is 5.26 Å². The number of fused-ring (bicyclic) bond motifs is 1. The van der Waals surface area contributed by atoms with Crippen LogP contribution in [0.5, 0.6) is 0 Å². The second kappa shape index (κ2) is 5.30. The largest absolute Gasteiger partial charge is 0.374 e. The fourth-order valence-corrected chi connectivity index (χ4v) is 2.68. The predicted octanol–water partition coefficient (Wildman–Crippen LogP) is 2.11. The summed E-state index contributed by atoms with van der Waals surface area (Å²) in [4.78, 5) is 25.9. The third-order valence-corrected chi connectivity index (χ3v) is 3.79. The Morgan fingerprint density at radius 1 is 1.13 bits per heavy atom. The topological polar surface area (TPSA) is 81.4 Å². The van der Waals surface area contributed by atoms with E-state index < -0.39 is 29.7 Å². The van der Waals surface area contributed by atoms with Gasteiger partial charge in [-0.25, -0.2) is 9.29 Å². The van der Waals surface area contributed by atoms with Gasteiger partial charge in [-0.15, -0.1) is 0 Å². The highest BCUT2D eigenvalue weighted by atomic mass is 19.1. The number of hydrogen-bond acceptors (Lipinski definition) is 4. The average molecular weight is 310 g/mol. The monoisotopic (exact) mass is 310 g/mol. The number of aliphatic hydroxyl groups is 1. The average Bonchev–Trinajstić information content (AvgIpc) is 2.55. The molecule has 1 unspecified atom stereocenters. The van der Waals surface area contributed by atoms with Gasteiger partial charge in [0.25, 0.3) is 11.8 Å². The zero-order chi connectivity index (χ0) is 16.6. The van der Waals surface area contributed by atoms with Crippen LogP contribution in [0, 0.1) is 17.1 Å². The van der Waals surface area contributed by atoms with Gasteiger partial charge in [-0.05, 0) is 18.2 Å². The van der Waals surface area contributed by atoms with E-state index in [1.807, 2.05) is 0 Å². The first-order valence-electron chi connectivity index (χ1n) is 6.83. The second-order valence-electron chi connectivity index (χ2n) is 5.14. The number of nitriles is 1. The van der Waals surface area contributed by atoms with E-state index in [1.54, 1.807) is 18.2 Å². The van der Waals surface area contributed by atoms with Crippen LogP contribution in [0.2, 0.25) is 0 Å². The number of halogens is 1. The van der Waals surface area contributed by atoms with E-state index in [1.165, 1.54) is 30.3 Å². The van der Waals surface area contributed by atoms with Gasteiger partial charge in [0.15, 0.2) is 5.60 Å². The molecule has 2 aromatic carbocycles. The molecule has 2 amide bonds. The van der Waals surface area contributed by atoms with Crippen LogP contribution in [0.25, 0.3) is 0 Å². The van der Waals surface area contributed by atoms with Crippen LogP contribution in [0.3, 0.4) is 0 Å². The Kier molecular flexibility index (Phi) is 3.43. The van der Waals surface area contributed by atoms with Crippen molar-refractivity contribution < 1.29 is 19.1 Å². The summed E-state index contributed by atoms with van der Waals surface area (Å²) in [6, 6.07) is 13.0. The summed E-state index contributed by atoms with van der Waals surface area (Å²) >= 11 is 0. The van der Waals surface area contributed by atoms with Gasteiger partial charge in [-0.3, -0.25) is 9.59 Å². The van der Waals surface area contributed by atoms with Crippen molar-refractivity contribution in [2.75, 3.05) is 4.90 Å². The Hall–Kier alpha value is -3.04. The van der Waals surface area contributed by atoms with Gasteiger partial charge in [0.05, 0.1) is 18.2 Å². The molecule has 0 saturated carbocycles. The number of para-hydroxylation sites is 1. The van der Waals surface area contributed by atoms with Crippen LogP contribution < -0.4 is 4.90 Å². The molecule has 1 heterocycles. The van der Waals surface area contributed by atoms with Crippen molar-refractivity contribution in [1.29, 1.82) is 5.26 Å². The second-order valence-corrected chi connectivity index (χ2v) is 5.14. The molecule has 0 spiro atoms. The fourth-order valence-electron chi connectivity index (χ4n) is 2.68. The molecule has 0 aliphatic carbocycles. The van der Waals surface area contributed by atoms with Crippen molar-refractivity contribution in [2.24, 2.45) is 0 Å². The van der Waals surface area contributed by atoms with Gasteiger partial charge in [-0.1, -0.05) is 30.3 Å². The van der Waals surface area contributed by atoms with Crippen molar-refractivity contribution >= 4 is 17.5 Å². The molecule has 114 valence electrons. The number of benzene rings is 2. The first-order chi connectivity index (χ1) is 11.0. The van der Waals surface area contributed by atoms with Crippen molar-refractivity contribution in [3.8, 4) is 6.07 Å². The molecule has 0 aromatic heterocycles. The molecule has 1 aliphatic heterocycles. The highest BCUT2D eigenvalue weighted by Gasteiger charge is 2.50. The molecule has 0 fully saturated rings. The van der Waals surface area contributed by atoms with Gasteiger partial charge in [0.1, 0.15) is 5.82 Å². The lowest BCUT2D eigenvalue weighted by Gasteiger charge is -2.37. The zero-order valence-corrected chi connectivity index (χ0v) is 11.9. The highest BCUT2D eigenvalue weighted by Crippen LogP contribution is 2.38. The molecule has 1 atom stereocenters. The number of imide groups is 1. The molecule has 2 aromatic rings. The molecular formula is C17H11FN2O3. The Labute approximate surface area is 131 Å². The molecule has 5 nitrogen and oxygen atoms in total. The molecular weight excluding hydrogens is 299 g/mol. The van der Waals surface area contributed by atoms with Crippen LogP contribution in [-0.4, -0.2) is 16.9 Å². The number of hydrogen-bond donors (Lipinski definition) is 1. The summed E-state index contributed by atoms with van der Waals surface area (Å²) < 4.78 is 14.0. The summed E-state index contributed by atoms with van der Waals surface area (Å²) in [6.07, 6.45) is -0.541. The molecule has 3 rings (SSSR count). The maximum atomic E-state index is 14.0. The predicted molar refractivity (Wildman–Crippen MR) is 78.8 cm³/mol. The smallest absolute Gasteiger partial charge is 0.271 e. The molecule has 6 heteroatoms. The Balaban J connectivity index is 2.26. The minimum absolute atomic E-state index is 0.0594. The van der Waals surface area contributed by atoms with E-state index in [2.05, 4.69) is 0 Å². The van der Waals surface area contributed by atoms with Gasteiger partial charge >= 0.3 is 0 Å². The highest BCUT2D eigenvalue weighted by molar-refractivity contribution is 6.27. The summed E-state index contributed by atoms with van der Waals surface area (Å²) in [7, 11) is 0. The van der Waals surface area contributed by atoms with Crippen molar-refractivity contribution in [3.05, 3.63) is 65.5 Å². The maximum absolute atomic E-state index is 14.0. The molecule has 1 N–H and O–H groups in total. The zero-order valence-electron chi connectivity index (χ0n) is 11.9. The number of anilines is 1. The fraction of sp³-hybridized carbons (Fsp3) is 0.118. The van der Waals surface area contributed by atoms with Crippen molar-refractivity contribution in [1.82, 2.24) is 0 Å².